The second kappa shape index (κ2) is 22.6. The molecule has 1 saturated heterocycles. The highest BCUT2D eigenvalue weighted by Gasteiger charge is 2.46. The molecule has 4 rings (SSSR count). The number of nitrogens with zero attached hydrogens (tertiary/aromatic N) is 3. The van der Waals surface area contributed by atoms with E-state index in [9.17, 15) is 66.1 Å². The molecule has 0 spiro atoms. The average Bonchev–Trinajstić information content (AvgIpc) is 3.66. The van der Waals surface area contributed by atoms with Crippen molar-refractivity contribution in [1.82, 2.24) is 36.3 Å². The molecule has 1 unspecified atom stereocenters. The van der Waals surface area contributed by atoms with E-state index in [2.05, 4.69) is 26.4 Å². The molecular weight excluding hydrogens is 891 g/mol. The predicted molar refractivity (Wildman–Crippen MR) is 230 cm³/mol. The van der Waals surface area contributed by atoms with Gasteiger partial charge in [0.05, 0.1) is 5.52 Å². The Kier molecular flexibility index (Phi) is 17.8. The van der Waals surface area contributed by atoms with Crippen LogP contribution >= 0.6 is 0 Å². The van der Waals surface area contributed by atoms with Crippen LogP contribution in [0.15, 0.2) is 42.5 Å². The molecule has 0 aliphatic carbocycles. The lowest BCUT2D eigenvalue weighted by molar-refractivity contribution is -0.154. The number of carboxylic acids is 2. The normalized spacial score (nSPS) is 16.2. The average molecular weight is 946 g/mol. The molecule has 0 radical (unpaired) electrons. The number of likely N-dealkylation sites (tertiary alicyclic amines) is 1. The van der Waals surface area contributed by atoms with Gasteiger partial charge in [0.2, 0.25) is 29.4 Å². The van der Waals surface area contributed by atoms with Crippen LogP contribution in [0.5, 0.6) is 5.75 Å². The topological polar surface area (TPSA) is 254 Å². The Morgan fingerprint density at radius 2 is 1.46 bits per heavy atom. The minimum atomic E-state index is -1.98. The summed E-state index contributed by atoms with van der Waals surface area (Å²) in [5, 5.41) is 27.8. The minimum absolute atomic E-state index is 0.0107. The maximum Gasteiger partial charge on any atom is 0.325 e. The summed E-state index contributed by atoms with van der Waals surface area (Å²) in [4.78, 5) is 112. The van der Waals surface area contributed by atoms with Gasteiger partial charge in [0.25, 0.3) is 17.7 Å². The van der Waals surface area contributed by atoms with Crippen LogP contribution < -0.4 is 26.1 Å². The molecule has 1 aromatic heterocycles. The number of carbonyl (C=O) groups excluding carboxylic acids is 6. The van der Waals surface area contributed by atoms with E-state index in [0.717, 1.165) is 10.3 Å². The zero-order valence-electron chi connectivity index (χ0n) is 38.0. The number of aromatic nitrogens is 1. The van der Waals surface area contributed by atoms with Gasteiger partial charge in [-0.05, 0) is 54.6 Å². The summed E-state index contributed by atoms with van der Waals surface area (Å²) < 4.78 is 60.8. The number of nitrogens with one attached hydrogen (secondary N) is 4. The van der Waals surface area contributed by atoms with Crippen molar-refractivity contribution in [2.45, 2.75) is 98.3 Å². The van der Waals surface area contributed by atoms with Crippen LogP contribution in [-0.4, -0.2) is 116 Å². The number of hydrogen-bond donors (Lipinski definition) is 6. The number of rotatable bonds is 19. The Hall–Kier alpha value is -6.87. The number of pyridine rings is 1. The van der Waals surface area contributed by atoms with Gasteiger partial charge in [0.15, 0.2) is 24.0 Å². The Labute approximate surface area is 383 Å². The van der Waals surface area contributed by atoms with E-state index in [-0.39, 0.29) is 29.7 Å². The Morgan fingerprint density at radius 1 is 0.836 bits per heavy atom. The minimum Gasteiger partial charge on any atom is -0.481 e. The van der Waals surface area contributed by atoms with Gasteiger partial charge < -0.3 is 35.8 Å². The van der Waals surface area contributed by atoms with Crippen LogP contribution in [0.4, 0.5) is 17.6 Å². The lowest BCUT2D eigenvalue weighted by atomic mass is 9.81. The summed E-state index contributed by atoms with van der Waals surface area (Å²) in [6.07, 6.45) is -0.514. The molecule has 2 heterocycles. The molecule has 1 aliphatic heterocycles. The van der Waals surface area contributed by atoms with Crippen LogP contribution in [-0.2, 0) is 33.6 Å². The number of carboxylic acid groups (broad SMARTS) is 2. The molecule has 5 atom stereocenters. The first-order chi connectivity index (χ1) is 31.3. The Morgan fingerprint density at radius 3 is 2.04 bits per heavy atom. The predicted octanol–water partition coefficient (Wildman–Crippen LogP) is 3.71. The van der Waals surface area contributed by atoms with Crippen molar-refractivity contribution in [3.05, 3.63) is 71.4 Å². The number of benzene rings is 2. The van der Waals surface area contributed by atoms with Crippen LogP contribution in [0.2, 0.25) is 0 Å². The SMILES string of the molecule is CC(C)[C@H](NC(=O)c1ccc2ccccc2n1)C(=O)N[C@@H](CCC(=O)O)C(=O)N[C@H](C(=O)N1CC[C@@H](CC(C)(C)C)C1C(=O)NN(CC(=O)O)C(=O)COc1c(F)c(F)cc(F)c1F)C(C)C. The first kappa shape index (κ1) is 52.8. The fourth-order valence-electron chi connectivity index (χ4n) is 7.56. The van der Waals surface area contributed by atoms with E-state index in [1.165, 1.54) is 6.07 Å². The number of carbonyl (C=O) groups is 8. The number of aliphatic carboxylic acids is 2. The number of para-hydroxylation sites is 1. The zero-order chi connectivity index (χ0) is 50.1. The summed E-state index contributed by atoms with van der Waals surface area (Å²) in [5.74, 6) is -19.9. The van der Waals surface area contributed by atoms with Crippen LogP contribution in [0.25, 0.3) is 10.9 Å². The van der Waals surface area contributed by atoms with Gasteiger partial charge >= 0.3 is 11.9 Å². The Balaban J connectivity index is 1.57. The molecule has 6 amide bonds. The van der Waals surface area contributed by atoms with E-state index >= 15 is 0 Å². The number of fused-ring (bicyclic) bond motifs is 1. The van der Waals surface area contributed by atoms with Gasteiger partial charge in [-0.3, -0.25) is 43.8 Å². The van der Waals surface area contributed by atoms with Gasteiger partial charge in [0.1, 0.15) is 36.4 Å². The van der Waals surface area contributed by atoms with Gasteiger partial charge in [-0.15, -0.1) is 0 Å². The maximum absolute atomic E-state index is 14.5. The molecule has 18 nitrogen and oxygen atoms in total. The van der Waals surface area contributed by atoms with Gasteiger partial charge in [-0.1, -0.05) is 72.7 Å². The van der Waals surface area contributed by atoms with Crippen molar-refractivity contribution in [2.24, 2.45) is 23.2 Å². The number of hydrogen-bond acceptors (Lipinski definition) is 10. The lowest BCUT2D eigenvalue weighted by Crippen LogP contribution is -2.61. The molecule has 6 N–H and O–H groups in total. The second-order valence-corrected chi connectivity index (χ2v) is 18.0. The summed E-state index contributed by atoms with van der Waals surface area (Å²) in [7, 11) is 0. The lowest BCUT2D eigenvalue weighted by Gasteiger charge is -2.35. The van der Waals surface area contributed by atoms with E-state index in [1.54, 1.807) is 58.0 Å². The van der Waals surface area contributed by atoms with Crippen LogP contribution in [0.1, 0.15) is 84.6 Å². The fourth-order valence-corrected chi connectivity index (χ4v) is 7.56. The third-order valence-electron chi connectivity index (χ3n) is 10.8. The smallest absolute Gasteiger partial charge is 0.325 e. The van der Waals surface area contributed by atoms with E-state index in [0.29, 0.717) is 11.9 Å². The van der Waals surface area contributed by atoms with Gasteiger partial charge in [-0.2, -0.15) is 8.78 Å². The van der Waals surface area contributed by atoms with Crippen molar-refractivity contribution in [1.29, 1.82) is 0 Å². The molecule has 22 heteroatoms. The number of hydrazine groups is 1. The van der Waals surface area contributed by atoms with E-state index < -0.39 is 150 Å². The first-order valence-corrected chi connectivity index (χ1v) is 21.4. The number of amides is 6. The van der Waals surface area contributed by atoms with E-state index in [4.69, 9.17) is 4.74 Å². The van der Waals surface area contributed by atoms with Gasteiger partial charge in [-0.25, -0.2) is 18.8 Å². The molecule has 67 heavy (non-hydrogen) atoms. The maximum atomic E-state index is 14.5. The molecule has 1 aliphatic rings. The standard InChI is InChI=1S/C45H55F4N7O11/c1-22(2)36(52-40(62)29-13-12-24-10-8-9-11-28(24)50-29)42(64)51-30(14-15-32(58)59)41(63)53-37(23(3)4)44(66)55-17-16-25(19-45(5,6)7)38(55)43(65)54-56(20-33(60)61)31(57)21-67-39-34(48)26(46)18-27(47)35(39)49/h8-13,18,22-23,25,30,36-38H,14-17,19-21H2,1-7H3,(H,51,64)(H,52,62)(H,53,63)(H,54,65)(H,58,59)(H,60,61)/t25-,30-,36-,37-,38?/m0/s1. The molecule has 0 saturated carbocycles. The summed E-state index contributed by atoms with van der Waals surface area (Å²) >= 11 is 0. The third kappa shape index (κ3) is 14.1. The number of halogens is 4. The highest BCUT2D eigenvalue weighted by molar-refractivity contribution is 5.99. The molecule has 364 valence electrons. The molecule has 1 fully saturated rings. The van der Waals surface area contributed by atoms with Crippen LogP contribution in [0, 0.1) is 46.4 Å². The largest absolute Gasteiger partial charge is 0.481 e. The van der Waals surface area contributed by atoms with Crippen molar-refractivity contribution >= 4 is 58.3 Å². The quantitative estimate of drug-likeness (QED) is 0.0572. The Bertz CT molecular complexity index is 2350. The first-order valence-electron chi connectivity index (χ1n) is 21.4. The summed E-state index contributed by atoms with van der Waals surface area (Å²) in [6, 6.07) is 4.51. The van der Waals surface area contributed by atoms with Crippen molar-refractivity contribution < 1.29 is 70.9 Å². The van der Waals surface area contributed by atoms with Crippen molar-refractivity contribution in [3.63, 3.8) is 0 Å². The highest BCUT2D eigenvalue weighted by Crippen LogP contribution is 2.36. The van der Waals surface area contributed by atoms with Crippen LogP contribution in [0.3, 0.4) is 0 Å². The summed E-state index contributed by atoms with van der Waals surface area (Å²) in [6.45, 7) is 9.26. The monoisotopic (exact) mass is 945 g/mol. The highest BCUT2D eigenvalue weighted by atomic mass is 19.2. The summed E-state index contributed by atoms with van der Waals surface area (Å²) in [5.41, 5.74) is 2.22. The third-order valence-corrected chi connectivity index (χ3v) is 10.8. The van der Waals surface area contributed by atoms with Crippen molar-refractivity contribution in [3.8, 4) is 5.75 Å². The van der Waals surface area contributed by atoms with Gasteiger partial charge in [0, 0.05) is 24.4 Å². The second-order valence-electron chi connectivity index (χ2n) is 18.0. The zero-order valence-corrected chi connectivity index (χ0v) is 38.0. The molecular formula is C45H55F4N7O11. The van der Waals surface area contributed by atoms with E-state index in [1.807, 2.05) is 20.8 Å². The molecule has 2 aromatic carbocycles. The number of ether oxygens (including phenoxy) is 1. The molecule has 0 bridgehead atoms. The van der Waals surface area contributed by atoms with Crippen molar-refractivity contribution in [2.75, 3.05) is 19.7 Å². The molecule has 3 aromatic rings. The fraction of sp³-hybridized carbons (Fsp3) is 0.489.